The number of nitrogens with zero attached hydrogens (tertiary/aromatic N) is 2. The number of carbonyl (C=O) groups is 1. The molecule has 1 amide bonds. The van der Waals surface area contributed by atoms with Crippen molar-refractivity contribution >= 4 is 17.9 Å². The van der Waals surface area contributed by atoms with Crippen molar-refractivity contribution in [3.8, 4) is 6.07 Å². The molecule has 2 atom stereocenters. The summed E-state index contributed by atoms with van der Waals surface area (Å²) in [6.07, 6.45) is 2.18. The number of carboxylic acid groups (broad SMARTS) is 1. The molecule has 4 nitrogen and oxygen atoms in total. The van der Waals surface area contributed by atoms with Crippen molar-refractivity contribution in [2.45, 2.75) is 24.1 Å². The van der Waals surface area contributed by atoms with Crippen molar-refractivity contribution in [2.24, 2.45) is 0 Å². The maximum absolute atomic E-state index is 10.8. The summed E-state index contributed by atoms with van der Waals surface area (Å²) in [6, 6.07) is 1.93. The third kappa shape index (κ3) is 2.28. The molecule has 5 heteroatoms. The zero-order valence-corrected chi connectivity index (χ0v) is 8.25. The Morgan fingerprint density at radius 3 is 3.00 bits per heavy atom. The molecule has 0 aromatic carbocycles. The van der Waals surface area contributed by atoms with Crippen molar-refractivity contribution in [1.82, 2.24) is 4.90 Å². The average Bonchev–Trinajstić information content (AvgIpc) is 2.48. The summed E-state index contributed by atoms with van der Waals surface area (Å²) in [7, 11) is 0. The molecule has 1 N–H and O–H groups in total. The molecule has 1 rings (SSSR count). The minimum Gasteiger partial charge on any atom is -0.465 e. The van der Waals surface area contributed by atoms with Gasteiger partial charge in [0.25, 0.3) is 0 Å². The van der Waals surface area contributed by atoms with Gasteiger partial charge in [-0.25, -0.2) is 4.79 Å². The molecule has 1 aliphatic rings. The molecular weight excluding hydrogens is 188 g/mol. The van der Waals surface area contributed by atoms with Gasteiger partial charge in [-0.2, -0.15) is 17.0 Å². The van der Waals surface area contributed by atoms with Crippen LogP contribution in [0.2, 0.25) is 0 Å². The van der Waals surface area contributed by atoms with Gasteiger partial charge in [0.15, 0.2) is 0 Å². The van der Waals surface area contributed by atoms with Gasteiger partial charge in [0.05, 0.1) is 12.5 Å². The van der Waals surface area contributed by atoms with Crippen LogP contribution in [0, 0.1) is 11.3 Å². The Morgan fingerprint density at radius 1 is 1.85 bits per heavy atom. The standard InChI is InChI=1S/C8H12N2O2S/c1-13-7-4-6(2-3-9)10(5-7)8(11)12/h6-7H,2,4-5H2,1H3,(H,11,12). The smallest absolute Gasteiger partial charge is 0.407 e. The highest BCUT2D eigenvalue weighted by Crippen LogP contribution is 2.27. The summed E-state index contributed by atoms with van der Waals surface area (Å²) >= 11 is 1.67. The lowest BCUT2D eigenvalue weighted by Gasteiger charge is -2.18. The number of rotatable bonds is 2. The average molecular weight is 200 g/mol. The van der Waals surface area contributed by atoms with Gasteiger partial charge in [-0.3, -0.25) is 0 Å². The fourth-order valence-electron chi connectivity index (χ4n) is 1.58. The van der Waals surface area contributed by atoms with E-state index in [2.05, 4.69) is 0 Å². The van der Waals surface area contributed by atoms with Crippen LogP contribution in [0.3, 0.4) is 0 Å². The summed E-state index contributed by atoms with van der Waals surface area (Å²) < 4.78 is 0. The zero-order valence-electron chi connectivity index (χ0n) is 7.43. The number of likely N-dealkylation sites (tertiary alicyclic amines) is 1. The van der Waals surface area contributed by atoms with Crippen LogP contribution >= 0.6 is 11.8 Å². The number of amides is 1. The minimum absolute atomic E-state index is 0.0973. The van der Waals surface area contributed by atoms with Gasteiger partial charge >= 0.3 is 6.09 Å². The summed E-state index contributed by atoms with van der Waals surface area (Å²) in [5.74, 6) is 0. The molecular formula is C8H12N2O2S. The Hall–Kier alpha value is -0.890. The lowest BCUT2D eigenvalue weighted by Crippen LogP contribution is -2.34. The van der Waals surface area contributed by atoms with Crippen LogP contribution < -0.4 is 0 Å². The molecule has 0 saturated carbocycles. The molecule has 0 aromatic heterocycles. The van der Waals surface area contributed by atoms with Crippen LogP contribution in [0.1, 0.15) is 12.8 Å². The van der Waals surface area contributed by atoms with E-state index in [0.717, 1.165) is 6.42 Å². The molecule has 0 aromatic rings. The Bertz CT molecular complexity index is 239. The maximum Gasteiger partial charge on any atom is 0.407 e. The molecule has 1 saturated heterocycles. The predicted molar refractivity (Wildman–Crippen MR) is 50.7 cm³/mol. The Balaban J connectivity index is 2.60. The Labute approximate surface area is 81.5 Å². The van der Waals surface area contributed by atoms with Gasteiger partial charge in [-0.15, -0.1) is 0 Å². The molecule has 0 spiro atoms. The van der Waals surface area contributed by atoms with Crippen LogP contribution in [-0.4, -0.2) is 40.2 Å². The van der Waals surface area contributed by atoms with Gasteiger partial charge < -0.3 is 10.0 Å². The van der Waals surface area contributed by atoms with Gasteiger partial charge in [-0.1, -0.05) is 0 Å². The number of thioether (sulfide) groups is 1. The lowest BCUT2D eigenvalue weighted by atomic mass is 10.2. The topological polar surface area (TPSA) is 64.3 Å². The molecule has 72 valence electrons. The second kappa shape index (κ2) is 4.38. The first-order valence-corrected chi connectivity index (χ1v) is 5.37. The van der Waals surface area contributed by atoms with Crippen LogP contribution in [0.5, 0.6) is 0 Å². The summed E-state index contributed by atoms with van der Waals surface area (Å²) in [5.41, 5.74) is 0. The van der Waals surface area contributed by atoms with E-state index in [9.17, 15) is 4.79 Å². The fourth-order valence-corrected chi connectivity index (χ4v) is 2.30. The first-order chi connectivity index (χ1) is 6.19. The first-order valence-electron chi connectivity index (χ1n) is 4.08. The molecule has 0 bridgehead atoms. The van der Waals surface area contributed by atoms with E-state index in [-0.39, 0.29) is 6.04 Å². The third-order valence-electron chi connectivity index (χ3n) is 2.28. The monoisotopic (exact) mass is 200 g/mol. The van der Waals surface area contributed by atoms with Crippen molar-refractivity contribution in [2.75, 3.05) is 12.8 Å². The normalized spacial score (nSPS) is 27.2. The highest BCUT2D eigenvalue weighted by Gasteiger charge is 2.34. The highest BCUT2D eigenvalue weighted by molar-refractivity contribution is 7.99. The third-order valence-corrected chi connectivity index (χ3v) is 3.29. The van der Waals surface area contributed by atoms with Crippen LogP contribution in [0.4, 0.5) is 4.79 Å². The highest BCUT2D eigenvalue weighted by atomic mass is 32.2. The van der Waals surface area contributed by atoms with Crippen molar-refractivity contribution in [3.63, 3.8) is 0 Å². The summed E-state index contributed by atoms with van der Waals surface area (Å²) in [4.78, 5) is 12.1. The van der Waals surface area contributed by atoms with E-state index in [1.807, 2.05) is 12.3 Å². The quantitative estimate of drug-likeness (QED) is 0.731. The number of nitriles is 1. The van der Waals surface area contributed by atoms with Crippen LogP contribution in [-0.2, 0) is 0 Å². The second-order valence-corrected chi connectivity index (χ2v) is 4.18. The Morgan fingerprint density at radius 2 is 2.54 bits per heavy atom. The summed E-state index contributed by atoms with van der Waals surface area (Å²) in [5, 5.41) is 17.7. The maximum atomic E-state index is 10.8. The van der Waals surface area contributed by atoms with E-state index in [1.165, 1.54) is 4.90 Å². The molecule has 0 radical (unpaired) electrons. The molecule has 1 heterocycles. The lowest BCUT2D eigenvalue weighted by molar-refractivity contribution is 0.141. The van der Waals surface area contributed by atoms with E-state index in [0.29, 0.717) is 18.2 Å². The fraction of sp³-hybridized carbons (Fsp3) is 0.750. The SMILES string of the molecule is CSC1CC(CC#N)N(C(=O)O)C1. The van der Waals surface area contributed by atoms with Crippen LogP contribution in [0.25, 0.3) is 0 Å². The van der Waals surface area contributed by atoms with E-state index >= 15 is 0 Å². The van der Waals surface area contributed by atoms with Crippen molar-refractivity contribution in [3.05, 3.63) is 0 Å². The molecule has 13 heavy (non-hydrogen) atoms. The van der Waals surface area contributed by atoms with Gasteiger partial charge in [0.2, 0.25) is 0 Å². The second-order valence-electron chi connectivity index (χ2n) is 3.04. The molecule has 1 fully saturated rings. The van der Waals surface area contributed by atoms with Gasteiger partial charge in [0.1, 0.15) is 0 Å². The Kier molecular flexibility index (Phi) is 3.43. The van der Waals surface area contributed by atoms with Gasteiger partial charge in [0, 0.05) is 17.8 Å². The number of hydrogen-bond donors (Lipinski definition) is 1. The summed E-state index contributed by atoms with van der Waals surface area (Å²) in [6.45, 7) is 0.558. The van der Waals surface area contributed by atoms with E-state index in [1.54, 1.807) is 11.8 Å². The largest absolute Gasteiger partial charge is 0.465 e. The van der Waals surface area contributed by atoms with Crippen molar-refractivity contribution < 1.29 is 9.90 Å². The molecule has 0 aliphatic carbocycles. The van der Waals surface area contributed by atoms with E-state index < -0.39 is 6.09 Å². The zero-order chi connectivity index (χ0) is 9.84. The first kappa shape index (κ1) is 10.2. The molecule has 2 unspecified atom stereocenters. The minimum atomic E-state index is -0.906. The number of hydrogen-bond acceptors (Lipinski definition) is 3. The van der Waals surface area contributed by atoms with Crippen LogP contribution in [0.15, 0.2) is 0 Å². The molecule has 1 aliphatic heterocycles. The van der Waals surface area contributed by atoms with Gasteiger partial charge in [-0.05, 0) is 12.7 Å². The van der Waals surface area contributed by atoms with E-state index in [4.69, 9.17) is 10.4 Å². The predicted octanol–water partition coefficient (Wildman–Crippen LogP) is 1.38. The van der Waals surface area contributed by atoms with Crippen molar-refractivity contribution in [1.29, 1.82) is 5.26 Å².